The Morgan fingerprint density at radius 2 is 2.19 bits per heavy atom. The molecule has 1 heterocycles. The average Bonchev–Trinajstić information content (AvgIpc) is 2.89. The van der Waals surface area contributed by atoms with Crippen molar-refractivity contribution in [3.8, 4) is 0 Å². The molecule has 2 rings (SSSR count). The maximum Gasteiger partial charge on any atom is 0.170 e. The third kappa shape index (κ3) is 4.84. The predicted molar refractivity (Wildman–Crippen MR) is 88.6 cm³/mol. The number of hydrogen-bond donors (Lipinski definition) is 2. The third-order valence-corrected chi connectivity index (χ3v) is 3.32. The molecule has 5 nitrogen and oxygen atoms in total. The summed E-state index contributed by atoms with van der Waals surface area (Å²) in [6, 6.07) is 8.30. The smallest absolute Gasteiger partial charge is 0.170 e. The monoisotopic (exact) mass is 304 g/mol. The summed E-state index contributed by atoms with van der Waals surface area (Å²) < 4.78 is 6.85. The molecule has 0 aliphatic heterocycles. The molecule has 0 unspecified atom stereocenters. The van der Waals surface area contributed by atoms with Crippen LogP contribution in [0.1, 0.15) is 11.1 Å². The summed E-state index contributed by atoms with van der Waals surface area (Å²) in [5.41, 5.74) is 3.39. The van der Waals surface area contributed by atoms with Gasteiger partial charge in [-0.05, 0) is 30.3 Å². The number of hydrogen-bond acceptors (Lipinski definition) is 3. The number of benzene rings is 1. The number of thiocarbonyl (C=S) groups is 1. The van der Waals surface area contributed by atoms with Gasteiger partial charge in [-0.3, -0.25) is 4.68 Å². The molecule has 2 N–H and O–H groups in total. The first-order valence-electron chi connectivity index (χ1n) is 6.80. The van der Waals surface area contributed by atoms with Crippen LogP contribution in [0.3, 0.4) is 0 Å². The molecule has 0 saturated carbocycles. The van der Waals surface area contributed by atoms with E-state index in [1.807, 2.05) is 23.0 Å². The molecule has 0 spiro atoms. The Balaban J connectivity index is 1.89. The van der Waals surface area contributed by atoms with Crippen LogP contribution in [0.25, 0.3) is 0 Å². The Morgan fingerprint density at radius 3 is 2.95 bits per heavy atom. The summed E-state index contributed by atoms with van der Waals surface area (Å²) in [5.74, 6) is 0. The van der Waals surface area contributed by atoms with E-state index in [0.29, 0.717) is 18.3 Å². The van der Waals surface area contributed by atoms with Crippen LogP contribution >= 0.6 is 12.2 Å². The van der Waals surface area contributed by atoms with E-state index in [1.54, 1.807) is 13.3 Å². The Kier molecular flexibility index (Phi) is 5.71. The second kappa shape index (κ2) is 7.75. The molecular weight excluding hydrogens is 284 g/mol. The van der Waals surface area contributed by atoms with Gasteiger partial charge >= 0.3 is 0 Å². The molecule has 0 fully saturated rings. The van der Waals surface area contributed by atoms with Crippen molar-refractivity contribution in [2.24, 2.45) is 0 Å². The predicted octanol–water partition coefficient (Wildman–Crippen LogP) is 2.17. The standard InChI is InChI=1S/C15H20N4OS/c1-12-5-3-4-6-13(12)10-19-11-14(9-17-19)18-15(21)16-7-8-20-2/h3-6,9,11H,7-8,10H2,1-2H3,(H2,16,18,21). The SMILES string of the molecule is COCCNC(=S)Nc1cnn(Cc2ccccc2C)c1. The Bertz CT molecular complexity index is 597. The first-order valence-corrected chi connectivity index (χ1v) is 7.20. The van der Waals surface area contributed by atoms with Crippen molar-refractivity contribution in [3.63, 3.8) is 0 Å². The molecule has 112 valence electrons. The number of aromatic nitrogens is 2. The summed E-state index contributed by atoms with van der Waals surface area (Å²) in [4.78, 5) is 0. The first kappa shape index (κ1) is 15.5. The Morgan fingerprint density at radius 1 is 1.38 bits per heavy atom. The highest BCUT2D eigenvalue weighted by molar-refractivity contribution is 7.80. The molecule has 0 radical (unpaired) electrons. The van der Waals surface area contributed by atoms with E-state index < -0.39 is 0 Å². The number of methoxy groups -OCH3 is 1. The largest absolute Gasteiger partial charge is 0.383 e. The van der Waals surface area contributed by atoms with Crippen LogP contribution in [0.4, 0.5) is 5.69 Å². The van der Waals surface area contributed by atoms with Crippen LogP contribution in [-0.4, -0.2) is 35.2 Å². The fraction of sp³-hybridized carbons (Fsp3) is 0.333. The maximum absolute atomic E-state index is 5.19. The second-order valence-electron chi connectivity index (χ2n) is 4.73. The van der Waals surface area contributed by atoms with Gasteiger partial charge in [-0.2, -0.15) is 5.10 Å². The summed E-state index contributed by atoms with van der Waals surface area (Å²) in [6.45, 7) is 4.15. The van der Waals surface area contributed by atoms with E-state index in [4.69, 9.17) is 17.0 Å². The van der Waals surface area contributed by atoms with E-state index in [0.717, 1.165) is 12.2 Å². The number of rotatable bonds is 6. The molecule has 0 saturated heterocycles. The second-order valence-corrected chi connectivity index (χ2v) is 5.14. The van der Waals surface area contributed by atoms with Crippen LogP contribution in [0.5, 0.6) is 0 Å². The lowest BCUT2D eigenvalue weighted by Gasteiger charge is -2.08. The van der Waals surface area contributed by atoms with Crippen LogP contribution in [0.2, 0.25) is 0 Å². The quantitative estimate of drug-likeness (QED) is 0.633. The van der Waals surface area contributed by atoms with E-state index in [-0.39, 0.29) is 0 Å². The summed E-state index contributed by atoms with van der Waals surface area (Å²) >= 11 is 5.19. The van der Waals surface area contributed by atoms with Crippen LogP contribution in [0.15, 0.2) is 36.7 Å². The molecule has 0 aliphatic carbocycles. The zero-order chi connectivity index (χ0) is 15.1. The molecule has 6 heteroatoms. The maximum atomic E-state index is 5.19. The van der Waals surface area contributed by atoms with Gasteiger partial charge in [-0.15, -0.1) is 0 Å². The van der Waals surface area contributed by atoms with Crippen LogP contribution in [-0.2, 0) is 11.3 Å². The Hall–Kier alpha value is -1.92. The van der Waals surface area contributed by atoms with Crippen molar-refractivity contribution < 1.29 is 4.74 Å². The van der Waals surface area contributed by atoms with E-state index in [2.05, 4.69) is 34.8 Å². The van der Waals surface area contributed by atoms with E-state index >= 15 is 0 Å². The van der Waals surface area contributed by atoms with Gasteiger partial charge < -0.3 is 15.4 Å². The van der Waals surface area contributed by atoms with Crippen LogP contribution in [0, 0.1) is 6.92 Å². The molecule has 0 aliphatic rings. The summed E-state index contributed by atoms with van der Waals surface area (Å²) in [7, 11) is 1.66. The normalized spacial score (nSPS) is 10.4. The lowest BCUT2D eigenvalue weighted by Crippen LogP contribution is -2.30. The molecule has 1 aromatic carbocycles. The third-order valence-electron chi connectivity index (χ3n) is 3.08. The first-order chi connectivity index (χ1) is 10.2. The van der Waals surface area contributed by atoms with Gasteiger partial charge in [-0.25, -0.2) is 0 Å². The van der Waals surface area contributed by atoms with Gasteiger partial charge in [0, 0.05) is 19.9 Å². The minimum Gasteiger partial charge on any atom is -0.383 e. The molecule has 0 atom stereocenters. The van der Waals surface area contributed by atoms with Crippen LogP contribution < -0.4 is 10.6 Å². The highest BCUT2D eigenvalue weighted by Gasteiger charge is 2.03. The molecule has 0 bridgehead atoms. The van der Waals surface area contributed by atoms with Crippen molar-refractivity contribution in [2.45, 2.75) is 13.5 Å². The summed E-state index contributed by atoms with van der Waals surface area (Å²) in [6.07, 6.45) is 3.71. The fourth-order valence-electron chi connectivity index (χ4n) is 1.92. The van der Waals surface area contributed by atoms with Gasteiger partial charge in [0.15, 0.2) is 5.11 Å². The van der Waals surface area contributed by atoms with Crippen molar-refractivity contribution >= 4 is 23.0 Å². The molecule has 1 aromatic heterocycles. The van der Waals surface area contributed by atoms with Crippen molar-refractivity contribution in [1.29, 1.82) is 0 Å². The number of nitrogens with zero attached hydrogens (tertiary/aromatic N) is 2. The topological polar surface area (TPSA) is 51.1 Å². The summed E-state index contributed by atoms with van der Waals surface area (Å²) in [5, 5.41) is 11.1. The van der Waals surface area contributed by atoms with Gasteiger partial charge in [-0.1, -0.05) is 24.3 Å². The highest BCUT2D eigenvalue weighted by atomic mass is 32.1. The zero-order valence-corrected chi connectivity index (χ0v) is 13.1. The van der Waals surface area contributed by atoms with E-state index in [9.17, 15) is 0 Å². The van der Waals surface area contributed by atoms with Gasteiger partial charge in [0.05, 0.1) is 25.0 Å². The molecular formula is C15H20N4OS. The number of nitrogens with one attached hydrogen (secondary N) is 2. The lowest BCUT2D eigenvalue weighted by atomic mass is 10.1. The number of ether oxygens (including phenoxy) is 1. The lowest BCUT2D eigenvalue weighted by molar-refractivity contribution is 0.204. The van der Waals surface area contributed by atoms with Gasteiger partial charge in [0.2, 0.25) is 0 Å². The van der Waals surface area contributed by atoms with Gasteiger partial charge in [0.25, 0.3) is 0 Å². The Labute approximate surface area is 130 Å². The van der Waals surface area contributed by atoms with Crippen molar-refractivity contribution in [3.05, 3.63) is 47.8 Å². The fourth-order valence-corrected chi connectivity index (χ4v) is 2.14. The number of anilines is 1. The number of aryl methyl sites for hydroxylation is 1. The zero-order valence-electron chi connectivity index (χ0n) is 12.3. The highest BCUT2D eigenvalue weighted by Crippen LogP contribution is 2.11. The van der Waals surface area contributed by atoms with Crippen molar-refractivity contribution in [2.75, 3.05) is 25.6 Å². The van der Waals surface area contributed by atoms with Gasteiger partial charge in [0.1, 0.15) is 0 Å². The molecule has 21 heavy (non-hydrogen) atoms. The minimum atomic E-state index is 0.572. The molecule has 2 aromatic rings. The van der Waals surface area contributed by atoms with Crippen molar-refractivity contribution in [1.82, 2.24) is 15.1 Å². The average molecular weight is 304 g/mol. The van der Waals surface area contributed by atoms with E-state index in [1.165, 1.54) is 11.1 Å². The minimum absolute atomic E-state index is 0.572. The molecule has 0 amide bonds.